The number of piperidine rings is 1. The summed E-state index contributed by atoms with van der Waals surface area (Å²) in [5, 5.41) is 0. The van der Waals surface area contributed by atoms with Gasteiger partial charge in [0.25, 0.3) is 0 Å². The molecule has 5 heteroatoms. The highest BCUT2D eigenvalue weighted by Gasteiger charge is 2.44. The first-order valence-electron chi connectivity index (χ1n) is 6.36. The monoisotopic (exact) mass is 266 g/mol. The SMILES string of the molecule is Cc1cc(N)cc(S(=O)(=O)N2CC3CCC2C3)c1. The van der Waals surface area contributed by atoms with Gasteiger partial charge in [0, 0.05) is 18.3 Å². The molecular weight excluding hydrogens is 248 g/mol. The van der Waals surface area contributed by atoms with E-state index >= 15 is 0 Å². The van der Waals surface area contributed by atoms with Crippen molar-refractivity contribution < 1.29 is 8.42 Å². The van der Waals surface area contributed by atoms with Gasteiger partial charge in [-0.05, 0) is 55.9 Å². The molecule has 2 aliphatic rings. The van der Waals surface area contributed by atoms with Crippen LogP contribution in [0.25, 0.3) is 0 Å². The average molecular weight is 266 g/mol. The molecule has 1 aromatic carbocycles. The maximum atomic E-state index is 12.6. The van der Waals surface area contributed by atoms with Gasteiger partial charge in [-0.15, -0.1) is 0 Å². The molecule has 1 heterocycles. The Labute approximate surface area is 108 Å². The maximum Gasteiger partial charge on any atom is 0.243 e. The minimum atomic E-state index is -3.36. The van der Waals surface area contributed by atoms with Crippen molar-refractivity contribution in [3.8, 4) is 0 Å². The lowest BCUT2D eigenvalue weighted by molar-refractivity contribution is 0.333. The topological polar surface area (TPSA) is 63.4 Å². The zero-order valence-corrected chi connectivity index (χ0v) is 11.3. The van der Waals surface area contributed by atoms with Crippen molar-refractivity contribution in [3.63, 3.8) is 0 Å². The van der Waals surface area contributed by atoms with Gasteiger partial charge in [-0.2, -0.15) is 4.31 Å². The molecule has 2 fully saturated rings. The molecule has 0 radical (unpaired) electrons. The number of aryl methyl sites for hydroxylation is 1. The fraction of sp³-hybridized carbons (Fsp3) is 0.538. The molecule has 98 valence electrons. The van der Waals surface area contributed by atoms with Gasteiger partial charge in [0.1, 0.15) is 0 Å². The van der Waals surface area contributed by atoms with E-state index in [4.69, 9.17) is 5.73 Å². The fourth-order valence-electron chi connectivity index (χ4n) is 3.23. The Hall–Kier alpha value is -1.07. The maximum absolute atomic E-state index is 12.6. The van der Waals surface area contributed by atoms with Crippen molar-refractivity contribution in [3.05, 3.63) is 23.8 Å². The van der Waals surface area contributed by atoms with Crippen molar-refractivity contribution in [1.82, 2.24) is 4.31 Å². The van der Waals surface area contributed by atoms with Crippen LogP contribution in [0.5, 0.6) is 0 Å². The molecule has 2 bridgehead atoms. The van der Waals surface area contributed by atoms with Gasteiger partial charge in [-0.1, -0.05) is 0 Å². The summed E-state index contributed by atoms with van der Waals surface area (Å²) >= 11 is 0. The molecule has 1 saturated carbocycles. The average Bonchev–Trinajstić information content (AvgIpc) is 2.89. The van der Waals surface area contributed by atoms with E-state index in [0.717, 1.165) is 18.4 Å². The second kappa shape index (κ2) is 3.96. The Morgan fingerprint density at radius 1 is 1.28 bits per heavy atom. The van der Waals surface area contributed by atoms with Gasteiger partial charge in [-0.25, -0.2) is 8.42 Å². The lowest BCUT2D eigenvalue weighted by Gasteiger charge is -2.26. The molecule has 3 rings (SSSR count). The Balaban J connectivity index is 1.99. The lowest BCUT2D eigenvalue weighted by Crippen LogP contribution is -2.37. The van der Waals surface area contributed by atoms with Gasteiger partial charge in [0.05, 0.1) is 4.90 Å². The number of anilines is 1. The lowest BCUT2D eigenvalue weighted by atomic mass is 10.1. The summed E-state index contributed by atoms with van der Waals surface area (Å²) in [7, 11) is -3.36. The van der Waals surface area contributed by atoms with Crippen LogP contribution in [-0.2, 0) is 10.0 Å². The summed E-state index contributed by atoms with van der Waals surface area (Å²) in [6.45, 7) is 2.55. The Kier molecular flexibility index (Phi) is 2.64. The van der Waals surface area contributed by atoms with E-state index in [0.29, 0.717) is 23.0 Å². The van der Waals surface area contributed by atoms with Crippen LogP contribution in [-0.4, -0.2) is 25.3 Å². The predicted octanol–water partition coefficient (Wildman–Crippen LogP) is 1.75. The summed E-state index contributed by atoms with van der Waals surface area (Å²) in [6, 6.07) is 5.27. The van der Waals surface area contributed by atoms with Crippen LogP contribution in [0, 0.1) is 12.8 Å². The molecule has 1 aliphatic carbocycles. The summed E-state index contributed by atoms with van der Waals surface area (Å²) in [5.74, 6) is 0.562. The number of hydrogen-bond acceptors (Lipinski definition) is 3. The molecule has 1 saturated heterocycles. The zero-order chi connectivity index (χ0) is 12.9. The smallest absolute Gasteiger partial charge is 0.243 e. The second-order valence-electron chi connectivity index (χ2n) is 5.49. The van der Waals surface area contributed by atoms with Gasteiger partial charge < -0.3 is 5.73 Å². The number of nitrogen functional groups attached to an aromatic ring is 1. The first-order chi connectivity index (χ1) is 8.46. The van der Waals surface area contributed by atoms with Gasteiger partial charge in [-0.3, -0.25) is 0 Å². The first kappa shape index (κ1) is 12.0. The van der Waals surface area contributed by atoms with Crippen molar-refractivity contribution in [1.29, 1.82) is 0 Å². The molecule has 2 N–H and O–H groups in total. The van der Waals surface area contributed by atoms with E-state index in [1.165, 1.54) is 6.42 Å². The number of nitrogens with zero attached hydrogens (tertiary/aromatic N) is 1. The van der Waals surface area contributed by atoms with Crippen LogP contribution >= 0.6 is 0 Å². The molecule has 4 nitrogen and oxygen atoms in total. The largest absolute Gasteiger partial charge is 0.399 e. The minimum absolute atomic E-state index is 0.210. The highest BCUT2D eigenvalue weighted by atomic mass is 32.2. The van der Waals surface area contributed by atoms with Crippen molar-refractivity contribution >= 4 is 15.7 Å². The van der Waals surface area contributed by atoms with Crippen LogP contribution in [0.3, 0.4) is 0 Å². The highest BCUT2D eigenvalue weighted by molar-refractivity contribution is 7.89. The third-order valence-electron chi connectivity index (χ3n) is 4.04. The fourth-order valence-corrected chi connectivity index (χ4v) is 5.12. The van der Waals surface area contributed by atoms with Crippen LogP contribution in [0.4, 0.5) is 5.69 Å². The molecule has 1 aromatic rings. The van der Waals surface area contributed by atoms with Crippen molar-refractivity contribution in [2.75, 3.05) is 12.3 Å². The van der Waals surface area contributed by atoms with E-state index < -0.39 is 10.0 Å². The number of nitrogens with two attached hydrogens (primary N) is 1. The zero-order valence-electron chi connectivity index (χ0n) is 10.5. The molecule has 2 atom stereocenters. The number of fused-ring (bicyclic) bond motifs is 2. The van der Waals surface area contributed by atoms with Gasteiger partial charge >= 0.3 is 0 Å². The predicted molar refractivity (Wildman–Crippen MR) is 70.6 cm³/mol. The van der Waals surface area contributed by atoms with Gasteiger partial charge in [0.2, 0.25) is 10.0 Å². The number of sulfonamides is 1. The molecule has 0 spiro atoms. The number of benzene rings is 1. The van der Waals surface area contributed by atoms with Crippen molar-refractivity contribution in [2.24, 2.45) is 5.92 Å². The van der Waals surface area contributed by atoms with E-state index in [-0.39, 0.29) is 6.04 Å². The molecular formula is C13H18N2O2S. The normalized spacial score (nSPS) is 27.8. The van der Waals surface area contributed by atoms with Gasteiger partial charge in [0.15, 0.2) is 0 Å². The Morgan fingerprint density at radius 3 is 2.61 bits per heavy atom. The summed E-state index contributed by atoms with van der Waals surface area (Å²) in [5.41, 5.74) is 7.15. The molecule has 0 amide bonds. The summed E-state index contributed by atoms with van der Waals surface area (Å²) in [4.78, 5) is 0.340. The minimum Gasteiger partial charge on any atom is -0.399 e. The molecule has 2 unspecified atom stereocenters. The Bertz CT molecular complexity index is 562. The third-order valence-corrected chi connectivity index (χ3v) is 5.93. The van der Waals surface area contributed by atoms with Crippen LogP contribution in [0.15, 0.2) is 23.1 Å². The standard InChI is InChI=1S/C13H18N2O2S/c1-9-4-11(14)7-13(5-9)18(16,17)15-8-10-2-3-12(15)6-10/h4-5,7,10,12H,2-3,6,8,14H2,1H3. The van der Waals surface area contributed by atoms with Crippen LogP contribution in [0.2, 0.25) is 0 Å². The molecule has 18 heavy (non-hydrogen) atoms. The van der Waals surface area contributed by atoms with E-state index in [9.17, 15) is 8.42 Å². The van der Waals surface area contributed by atoms with E-state index in [1.54, 1.807) is 22.5 Å². The van der Waals surface area contributed by atoms with Crippen LogP contribution < -0.4 is 5.73 Å². The number of hydrogen-bond donors (Lipinski definition) is 1. The van der Waals surface area contributed by atoms with Crippen molar-refractivity contribution in [2.45, 2.75) is 37.1 Å². The summed E-state index contributed by atoms with van der Waals surface area (Å²) < 4.78 is 26.9. The van der Waals surface area contributed by atoms with E-state index in [1.807, 2.05) is 6.92 Å². The molecule has 1 aliphatic heterocycles. The molecule has 0 aromatic heterocycles. The second-order valence-corrected chi connectivity index (χ2v) is 7.38. The summed E-state index contributed by atoms with van der Waals surface area (Å²) in [6.07, 6.45) is 3.21. The van der Waals surface area contributed by atoms with E-state index in [2.05, 4.69) is 0 Å². The highest BCUT2D eigenvalue weighted by Crippen LogP contribution is 2.40. The third kappa shape index (κ3) is 1.82. The number of rotatable bonds is 2. The quantitative estimate of drug-likeness (QED) is 0.829. The Morgan fingerprint density at radius 2 is 2.06 bits per heavy atom. The van der Waals surface area contributed by atoms with Crippen LogP contribution in [0.1, 0.15) is 24.8 Å². The first-order valence-corrected chi connectivity index (χ1v) is 7.80.